The zero-order valence-electron chi connectivity index (χ0n) is 16.1. The van der Waals surface area contributed by atoms with E-state index < -0.39 is 11.9 Å². The fourth-order valence-electron chi connectivity index (χ4n) is 3.15. The Labute approximate surface area is 172 Å². The molecule has 1 aromatic heterocycles. The monoisotopic (exact) mass is 410 g/mol. The Bertz CT molecular complexity index is 1160. The van der Waals surface area contributed by atoms with Gasteiger partial charge in [-0.1, -0.05) is 17.7 Å². The summed E-state index contributed by atoms with van der Waals surface area (Å²) in [6.45, 7) is 5.68. The van der Waals surface area contributed by atoms with Crippen molar-refractivity contribution in [2.45, 2.75) is 20.8 Å². The van der Waals surface area contributed by atoms with E-state index in [4.69, 9.17) is 16.7 Å². The van der Waals surface area contributed by atoms with Crippen LogP contribution in [0.3, 0.4) is 0 Å². The number of hydrogen-bond acceptors (Lipinski definition) is 3. The molecule has 0 aliphatic heterocycles. The van der Waals surface area contributed by atoms with Crippen LogP contribution in [0, 0.1) is 20.8 Å². The molecule has 0 unspecified atom stereocenters. The lowest BCUT2D eigenvalue weighted by Crippen LogP contribution is -2.03. The predicted molar refractivity (Wildman–Crippen MR) is 113 cm³/mol. The van der Waals surface area contributed by atoms with Gasteiger partial charge in [0.05, 0.1) is 21.8 Å². The highest BCUT2D eigenvalue weighted by atomic mass is 35.5. The van der Waals surface area contributed by atoms with E-state index in [1.807, 2.05) is 31.4 Å². The number of aromatic nitrogens is 1. The van der Waals surface area contributed by atoms with Gasteiger partial charge in [0.2, 0.25) is 0 Å². The van der Waals surface area contributed by atoms with Crippen LogP contribution in [0.1, 0.15) is 43.2 Å². The van der Waals surface area contributed by atoms with Gasteiger partial charge in [-0.25, -0.2) is 9.59 Å². The fourth-order valence-corrected chi connectivity index (χ4v) is 3.35. The smallest absolute Gasteiger partial charge is 0.337 e. The third kappa shape index (κ3) is 4.07. The van der Waals surface area contributed by atoms with Crippen molar-refractivity contribution in [3.05, 3.63) is 81.1 Å². The molecule has 0 aliphatic rings. The molecule has 0 radical (unpaired) electrons. The number of nitrogens with zero attached hydrogens (tertiary/aromatic N) is 2. The summed E-state index contributed by atoms with van der Waals surface area (Å²) in [5.74, 6) is -2.09. The molecule has 0 atom stereocenters. The lowest BCUT2D eigenvalue weighted by atomic mass is 10.1. The lowest BCUT2D eigenvalue weighted by molar-refractivity contribution is 0.0686. The second-order valence-electron chi connectivity index (χ2n) is 6.70. The van der Waals surface area contributed by atoms with E-state index in [0.717, 1.165) is 22.5 Å². The number of benzene rings is 2. The maximum Gasteiger partial charge on any atom is 0.337 e. The molecule has 148 valence electrons. The van der Waals surface area contributed by atoms with E-state index in [1.54, 1.807) is 30.5 Å². The number of aromatic carboxylic acids is 2. The fraction of sp³-hybridized carbons (Fsp3) is 0.136. The molecule has 3 aromatic rings. The van der Waals surface area contributed by atoms with Crippen molar-refractivity contribution in [1.82, 2.24) is 4.57 Å². The molecule has 0 spiro atoms. The van der Waals surface area contributed by atoms with Crippen LogP contribution in [-0.4, -0.2) is 32.9 Å². The first kappa shape index (κ1) is 20.4. The highest BCUT2D eigenvalue weighted by Gasteiger charge is 2.14. The summed E-state index contributed by atoms with van der Waals surface area (Å²) < 4.78 is 1.92. The van der Waals surface area contributed by atoms with Crippen LogP contribution in [0.25, 0.3) is 5.69 Å². The Morgan fingerprint density at radius 3 is 2.38 bits per heavy atom. The van der Waals surface area contributed by atoms with Crippen LogP contribution in [0.5, 0.6) is 0 Å². The highest BCUT2D eigenvalue weighted by Crippen LogP contribution is 2.26. The summed E-state index contributed by atoms with van der Waals surface area (Å²) in [5, 5.41) is 18.7. The summed E-state index contributed by atoms with van der Waals surface area (Å²) in [5.41, 5.74) is 4.96. The topological polar surface area (TPSA) is 91.9 Å². The molecule has 0 fully saturated rings. The van der Waals surface area contributed by atoms with Crippen molar-refractivity contribution < 1.29 is 19.8 Å². The maximum atomic E-state index is 11.4. The van der Waals surface area contributed by atoms with Crippen molar-refractivity contribution in [3.63, 3.8) is 0 Å². The van der Waals surface area contributed by atoms with Crippen molar-refractivity contribution in [3.8, 4) is 5.69 Å². The van der Waals surface area contributed by atoms with E-state index in [0.29, 0.717) is 11.4 Å². The summed E-state index contributed by atoms with van der Waals surface area (Å²) in [4.78, 5) is 27.1. The summed E-state index contributed by atoms with van der Waals surface area (Å²) in [7, 11) is 0. The molecule has 0 saturated heterocycles. The van der Waals surface area contributed by atoms with Crippen molar-refractivity contribution in [1.29, 1.82) is 0 Å². The summed E-state index contributed by atoms with van der Waals surface area (Å²) >= 11 is 5.98. The van der Waals surface area contributed by atoms with Crippen LogP contribution in [0.15, 0.2) is 47.5 Å². The summed E-state index contributed by atoms with van der Waals surface area (Å²) in [6.07, 6.45) is 1.68. The van der Waals surface area contributed by atoms with Gasteiger partial charge in [-0.3, -0.25) is 4.99 Å². The second kappa shape index (κ2) is 7.93. The normalized spacial score (nSPS) is 11.2. The average molecular weight is 411 g/mol. The van der Waals surface area contributed by atoms with Crippen LogP contribution in [-0.2, 0) is 0 Å². The Morgan fingerprint density at radius 1 is 1.00 bits per heavy atom. The Balaban J connectivity index is 2.02. The first-order valence-electron chi connectivity index (χ1n) is 8.79. The van der Waals surface area contributed by atoms with Crippen molar-refractivity contribution >= 4 is 35.4 Å². The minimum atomic E-state index is -1.09. The zero-order chi connectivity index (χ0) is 21.3. The second-order valence-corrected chi connectivity index (χ2v) is 7.10. The number of halogens is 1. The maximum absolute atomic E-state index is 11.4. The van der Waals surface area contributed by atoms with Crippen molar-refractivity contribution in [2.75, 3.05) is 0 Å². The van der Waals surface area contributed by atoms with Crippen LogP contribution >= 0.6 is 11.6 Å². The van der Waals surface area contributed by atoms with Crippen LogP contribution in [0.4, 0.5) is 5.69 Å². The van der Waals surface area contributed by atoms with Gasteiger partial charge in [0.25, 0.3) is 0 Å². The van der Waals surface area contributed by atoms with Gasteiger partial charge in [-0.05, 0) is 62.7 Å². The standard InChI is InChI=1S/C22H19ClN2O4/c1-12-4-5-15(21(26)27)9-20(12)24-11-16-8-13(2)25(14(16)3)17-6-7-19(23)18(10-17)22(28)29/h4-11H,1-3H3,(H,26,27)(H,28,29). The molecule has 1 heterocycles. The van der Waals surface area contributed by atoms with Crippen LogP contribution in [0.2, 0.25) is 5.02 Å². The molecular weight excluding hydrogens is 392 g/mol. The summed E-state index contributed by atoms with van der Waals surface area (Å²) in [6, 6.07) is 11.6. The predicted octanol–water partition coefficient (Wildman–Crippen LogP) is 5.20. The SMILES string of the molecule is Cc1ccc(C(=O)O)cc1N=Cc1cc(C)n(-c2ccc(Cl)c(C(=O)O)c2)c1C. The Kier molecular flexibility index (Phi) is 5.57. The minimum absolute atomic E-state index is 0.0352. The molecular formula is C22H19ClN2O4. The van der Waals surface area contributed by atoms with Gasteiger partial charge in [0.15, 0.2) is 0 Å². The number of rotatable bonds is 5. The molecule has 2 N–H and O–H groups in total. The molecule has 0 saturated carbocycles. The first-order valence-corrected chi connectivity index (χ1v) is 9.17. The van der Waals surface area contributed by atoms with Gasteiger partial charge in [-0.15, -0.1) is 0 Å². The molecule has 2 aromatic carbocycles. The van der Waals surface area contributed by atoms with Gasteiger partial charge >= 0.3 is 11.9 Å². The minimum Gasteiger partial charge on any atom is -0.478 e. The lowest BCUT2D eigenvalue weighted by Gasteiger charge is -2.11. The highest BCUT2D eigenvalue weighted by molar-refractivity contribution is 6.33. The number of carboxylic acid groups (broad SMARTS) is 2. The molecule has 6 nitrogen and oxygen atoms in total. The average Bonchev–Trinajstić information content (AvgIpc) is 2.94. The van der Waals surface area contributed by atoms with E-state index in [1.165, 1.54) is 12.1 Å². The van der Waals surface area contributed by atoms with E-state index in [9.17, 15) is 14.7 Å². The first-order chi connectivity index (χ1) is 13.7. The quantitative estimate of drug-likeness (QED) is 0.565. The van der Waals surface area contributed by atoms with E-state index >= 15 is 0 Å². The van der Waals surface area contributed by atoms with E-state index in [-0.39, 0.29) is 16.1 Å². The third-order valence-electron chi connectivity index (χ3n) is 4.71. The number of carbonyl (C=O) groups is 2. The number of hydrogen-bond donors (Lipinski definition) is 2. The molecule has 7 heteroatoms. The Morgan fingerprint density at radius 2 is 1.72 bits per heavy atom. The third-order valence-corrected chi connectivity index (χ3v) is 5.04. The van der Waals surface area contributed by atoms with Crippen molar-refractivity contribution in [2.24, 2.45) is 4.99 Å². The molecule has 3 rings (SSSR count). The largest absolute Gasteiger partial charge is 0.478 e. The zero-order valence-corrected chi connectivity index (χ0v) is 16.9. The van der Waals surface area contributed by atoms with Gasteiger partial charge < -0.3 is 14.8 Å². The van der Waals surface area contributed by atoms with Gasteiger partial charge in [-0.2, -0.15) is 0 Å². The number of carboxylic acids is 2. The molecule has 0 bridgehead atoms. The van der Waals surface area contributed by atoms with Crippen LogP contribution < -0.4 is 0 Å². The van der Waals surface area contributed by atoms with Gasteiger partial charge in [0.1, 0.15) is 0 Å². The Hall–Kier alpha value is -3.38. The molecule has 0 amide bonds. The number of aliphatic imine (C=N–C) groups is 1. The molecule has 29 heavy (non-hydrogen) atoms. The number of aryl methyl sites for hydroxylation is 2. The van der Waals surface area contributed by atoms with E-state index in [2.05, 4.69) is 4.99 Å². The van der Waals surface area contributed by atoms with Gasteiger partial charge in [0, 0.05) is 28.9 Å². The molecule has 0 aliphatic carbocycles.